The zero-order valence-electron chi connectivity index (χ0n) is 15.4. The molecule has 0 bridgehead atoms. The second kappa shape index (κ2) is 8.89. The van der Waals surface area contributed by atoms with E-state index < -0.39 is 21.5 Å². The van der Waals surface area contributed by atoms with E-state index in [1.165, 1.54) is 23.2 Å². The number of hydrogen-bond acceptors (Lipinski definition) is 6. The summed E-state index contributed by atoms with van der Waals surface area (Å²) in [6.07, 6.45) is 1.11. The number of amides is 1. The number of aryl methyl sites for hydroxylation is 1. The van der Waals surface area contributed by atoms with Crippen molar-refractivity contribution in [2.45, 2.75) is 17.9 Å². The average Bonchev–Trinajstić information content (AvgIpc) is 2.68. The average molecular weight is 425 g/mol. The Morgan fingerprint density at radius 1 is 1.29 bits per heavy atom. The molecule has 1 aromatic carbocycles. The van der Waals surface area contributed by atoms with Crippen LogP contribution in [0.15, 0.2) is 47.5 Å². The van der Waals surface area contributed by atoms with Gasteiger partial charge in [-0.2, -0.15) is 0 Å². The number of morpholine rings is 1. The van der Waals surface area contributed by atoms with Crippen molar-refractivity contribution in [3.8, 4) is 5.88 Å². The van der Waals surface area contributed by atoms with Gasteiger partial charge in [-0.1, -0.05) is 29.3 Å². The summed E-state index contributed by atoms with van der Waals surface area (Å²) in [5, 5.41) is 0.507. The molecule has 1 aliphatic rings. The fourth-order valence-electron chi connectivity index (χ4n) is 2.76. The molecule has 0 aliphatic carbocycles. The van der Waals surface area contributed by atoms with E-state index in [2.05, 4.69) is 4.98 Å². The van der Waals surface area contributed by atoms with Crippen molar-refractivity contribution in [2.75, 3.05) is 32.1 Å². The molecule has 1 atom stereocenters. The molecular weight excluding hydrogens is 404 g/mol. The maximum Gasteiger partial charge on any atom is 0.238 e. The third kappa shape index (κ3) is 5.43. The van der Waals surface area contributed by atoms with Crippen LogP contribution in [0.3, 0.4) is 0 Å². The minimum atomic E-state index is -3.69. The van der Waals surface area contributed by atoms with E-state index in [1.54, 1.807) is 24.3 Å². The van der Waals surface area contributed by atoms with Gasteiger partial charge in [0.2, 0.25) is 11.8 Å². The third-order valence-electron chi connectivity index (χ3n) is 4.30. The number of benzene rings is 1. The minimum absolute atomic E-state index is 0.147. The Labute approximate surface area is 169 Å². The van der Waals surface area contributed by atoms with Crippen LogP contribution in [0.4, 0.5) is 0 Å². The summed E-state index contributed by atoms with van der Waals surface area (Å²) >= 11 is 5.78. The second-order valence-corrected chi connectivity index (χ2v) is 8.96. The van der Waals surface area contributed by atoms with Crippen LogP contribution in [0, 0.1) is 6.92 Å². The molecule has 1 amide bonds. The maximum absolute atomic E-state index is 12.5. The fraction of sp³-hybridized carbons (Fsp3) is 0.368. The molecule has 1 aromatic heterocycles. The monoisotopic (exact) mass is 424 g/mol. The van der Waals surface area contributed by atoms with Crippen molar-refractivity contribution < 1.29 is 22.7 Å². The van der Waals surface area contributed by atoms with Gasteiger partial charge in [-0.15, -0.1) is 0 Å². The minimum Gasteiger partial charge on any atom is -0.475 e. The first-order chi connectivity index (χ1) is 13.3. The lowest BCUT2D eigenvalue weighted by molar-refractivity contribution is -0.137. The first kappa shape index (κ1) is 20.6. The Morgan fingerprint density at radius 3 is 2.71 bits per heavy atom. The van der Waals surface area contributed by atoms with Crippen LogP contribution in [0.5, 0.6) is 5.88 Å². The van der Waals surface area contributed by atoms with Gasteiger partial charge in [0.15, 0.2) is 9.84 Å². The van der Waals surface area contributed by atoms with Crippen LogP contribution in [-0.2, 0) is 19.4 Å². The Kier molecular flexibility index (Phi) is 6.53. The Balaban J connectivity index is 1.56. The van der Waals surface area contributed by atoms with Crippen LogP contribution in [0.2, 0.25) is 5.02 Å². The maximum atomic E-state index is 12.5. The standard InChI is InChI=1S/C19H21ClN2O5S/c1-14-2-5-17(6-3-14)28(24,25)13-19(23)22-8-9-26-16(11-22)12-27-18-7-4-15(20)10-21-18/h2-7,10,16H,8-9,11-13H2,1H3. The lowest BCUT2D eigenvalue weighted by Gasteiger charge is -2.32. The van der Waals surface area contributed by atoms with Crippen LogP contribution in [0.25, 0.3) is 0 Å². The van der Waals surface area contributed by atoms with Gasteiger partial charge in [0.25, 0.3) is 0 Å². The molecule has 7 nitrogen and oxygen atoms in total. The highest BCUT2D eigenvalue weighted by atomic mass is 35.5. The summed E-state index contributed by atoms with van der Waals surface area (Å²) in [5.41, 5.74) is 0.955. The van der Waals surface area contributed by atoms with E-state index in [4.69, 9.17) is 21.1 Å². The molecule has 0 spiro atoms. The van der Waals surface area contributed by atoms with Gasteiger partial charge in [0.05, 0.1) is 23.1 Å². The molecule has 2 heterocycles. The summed E-state index contributed by atoms with van der Waals surface area (Å²) in [4.78, 5) is 18.2. The van der Waals surface area contributed by atoms with Gasteiger partial charge >= 0.3 is 0 Å². The summed E-state index contributed by atoms with van der Waals surface area (Å²) in [5.74, 6) is -0.612. The topological polar surface area (TPSA) is 85.8 Å². The van der Waals surface area contributed by atoms with E-state index in [1.807, 2.05) is 6.92 Å². The normalized spacial score (nSPS) is 17.4. The molecule has 1 saturated heterocycles. The number of hydrogen-bond donors (Lipinski definition) is 0. The van der Waals surface area contributed by atoms with Crippen molar-refractivity contribution in [3.05, 3.63) is 53.2 Å². The van der Waals surface area contributed by atoms with E-state index >= 15 is 0 Å². The van der Waals surface area contributed by atoms with Gasteiger partial charge in [0.1, 0.15) is 18.5 Å². The van der Waals surface area contributed by atoms with Crippen LogP contribution >= 0.6 is 11.6 Å². The van der Waals surface area contributed by atoms with Crippen LogP contribution < -0.4 is 4.74 Å². The fourth-order valence-corrected chi connectivity index (χ4v) is 4.09. The van der Waals surface area contributed by atoms with Gasteiger partial charge in [-0.3, -0.25) is 4.79 Å². The quantitative estimate of drug-likeness (QED) is 0.706. The van der Waals surface area contributed by atoms with E-state index in [0.29, 0.717) is 24.1 Å². The molecular formula is C19H21ClN2O5S. The third-order valence-corrected chi connectivity index (χ3v) is 6.14. The predicted molar refractivity (Wildman–Crippen MR) is 104 cm³/mol. The number of carbonyl (C=O) groups is 1. The highest BCUT2D eigenvalue weighted by Gasteiger charge is 2.28. The summed E-state index contributed by atoms with van der Waals surface area (Å²) < 4.78 is 36.2. The van der Waals surface area contributed by atoms with Crippen LogP contribution in [-0.4, -0.2) is 62.4 Å². The van der Waals surface area contributed by atoms with Crippen molar-refractivity contribution in [1.82, 2.24) is 9.88 Å². The first-order valence-corrected chi connectivity index (χ1v) is 10.8. The second-order valence-electron chi connectivity index (χ2n) is 6.53. The number of nitrogens with zero attached hydrogens (tertiary/aromatic N) is 2. The number of sulfone groups is 1. The Bertz CT molecular complexity index is 916. The number of pyridine rings is 1. The molecule has 9 heteroatoms. The number of carbonyl (C=O) groups excluding carboxylic acids is 1. The highest BCUT2D eigenvalue weighted by Crippen LogP contribution is 2.16. The van der Waals surface area contributed by atoms with Crippen molar-refractivity contribution >= 4 is 27.3 Å². The largest absolute Gasteiger partial charge is 0.475 e. The molecule has 0 N–H and O–H groups in total. The number of ether oxygens (including phenoxy) is 2. The van der Waals surface area contributed by atoms with E-state index in [-0.39, 0.29) is 24.2 Å². The molecule has 1 fully saturated rings. The molecule has 3 rings (SSSR count). The number of rotatable bonds is 6. The zero-order chi connectivity index (χ0) is 20.1. The molecule has 28 heavy (non-hydrogen) atoms. The smallest absolute Gasteiger partial charge is 0.238 e. The van der Waals surface area contributed by atoms with Crippen LogP contribution in [0.1, 0.15) is 5.56 Å². The Hall–Kier alpha value is -2.16. The van der Waals surface area contributed by atoms with E-state index in [9.17, 15) is 13.2 Å². The van der Waals surface area contributed by atoms with Crippen molar-refractivity contribution in [3.63, 3.8) is 0 Å². The van der Waals surface area contributed by atoms with Gasteiger partial charge < -0.3 is 14.4 Å². The molecule has 1 unspecified atom stereocenters. The van der Waals surface area contributed by atoms with Crippen molar-refractivity contribution in [1.29, 1.82) is 0 Å². The first-order valence-electron chi connectivity index (χ1n) is 8.77. The summed E-state index contributed by atoms with van der Waals surface area (Å²) in [6.45, 7) is 2.99. The zero-order valence-corrected chi connectivity index (χ0v) is 16.9. The molecule has 150 valence electrons. The SMILES string of the molecule is Cc1ccc(S(=O)(=O)CC(=O)N2CCOC(COc3ccc(Cl)cn3)C2)cc1. The van der Waals surface area contributed by atoms with Crippen molar-refractivity contribution in [2.24, 2.45) is 0 Å². The molecule has 2 aromatic rings. The van der Waals surface area contributed by atoms with Gasteiger partial charge in [-0.05, 0) is 25.1 Å². The van der Waals surface area contributed by atoms with E-state index in [0.717, 1.165) is 5.56 Å². The lowest BCUT2D eigenvalue weighted by Crippen LogP contribution is -2.49. The number of aromatic nitrogens is 1. The molecule has 0 saturated carbocycles. The molecule has 1 aliphatic heterocycles. The number of halogens is 1. The summed E-state index contributed by atoms with van der Waals surface area (Å²) in [7, 11) is -3.69. The summed E-state index contributed by atoms with van der Waals surface area (Å²) in [6, 6.07) is 9.77. The lowest BCUT2D eigenvalue weighted by atomic mass is 10.2. The van der Waals surface area contributed by atoms with Gasteiger partial charge in [0, 0.05) is 18.8 Å². The Morgan fingerprint density at radius 2 is 2.04 bits per heavy atom. The highest BCUT2D eigenvalue weighted by molar-refractivity contribution is 7.92. The predicted octanol–water partition coefficient (Wildman–Crippen LogP) is 2.12. The van der Waals surface area contributed by atoms with Gasteiger partial charge in [-0.25, -0.2) is 13.4 Å². The molecule has 0 radical (unpaired) electrons.